The van der Waals surface area contributed by atoms with Gasteiger partial charge in [0.2, 0.25) is 0 Å². The summed E-state index contributed by atoms with van der Waals surface area (Å²) in [5.74, 6) is 0.817. The molecule has 0 amide bonds. The fourth-order valence-corrected chi connectivity index (χ4v) is 8.11. The number of hydrogen-bond donors (Lipinski definition) is 2. The van der Waals surface area contributed by atoms with Crippen LogP contribution in [0.3, 0.4) is 0 Å². The van der Waals surface area contributed by atoms with E-state index in [1.165, 1.54) is 6.07 Å². The van der Waals surface area contributed by atoms with Crippen molar-refractivity contribution in [2.75, 3.05) is 56.7 Å². The highest BCUT2D eigenvalue weighted by molar-refractivity contribution is 5.64. The molecule has 4 heterocycles. The van der Waals surface area contributed by atoms with E-state index in [9.17, 15) is 9.65 Å². The molecule has 4 N–H and O–H groups in total. The van der Waals surface area contributed by atoms with Crippen molar-refractivity contribution in [3.05, 3.63) is 63.7 Å². The maximum Gasteiger partial charge on any atom is 0.318 e. The number of nitriles is 1. The molecule has 10 nitrogen and oxygen atoms in total. The quantitative estimate of drug-likeness (QED) is 0.334. The molecule has 3 atom stereocenters. The van der Waals surface area contributed by atoms with Crippen LogP contribution in [0.15, 0.2) is 24.4 Å². The van der Waals surface area contributed by atoms with Gasteiger partial charge in [0.15, 0.2) is 0 Å². The third kappa shape index (κ3) is 5.53. The Labute approximate surface area is 274 Å². The van der Waals surface area contributed by atoms with Crippen molar-refractivity contribution in [1.82, 2.24) is 24.8 Å². The molecule has 12 heteroatoms. The second-order valence-corrected chi connectivity index (χ2v) is 14.1. The van der Waals surface area contributed by atoms with Crippen molar-refractivity contribution >= 4 is 17.3 Å². The number of benzene rings is 1. The molecule has 0 unspecified atom stereocenters. The maximum atomic E-state index is 15.4. The predicted molar refractivity (Wildman–Crippen MR) is 176 cm³/mol. The number of nitrogen functional groups attached to an aromatic ring is 2. The number of halogens is 2. The molecular weight excluding hydrogens is 600 g/mol. The second-order valence-electron chi connectivity index (χ2n) is 14.1. The normalized spacial score (nSPS) is 24.0. The maximum absolute atomic E-state index is 15.4. The van der Waals surface area contributed by atoms with E-state index < -0.39 is 11.7 Å². The minimum Gasteiger partial charge on any atom is -0.463 e. The third-order valence-electron chi connectivity index (χ3n) is 11.1. The van der Waals surface area contributed by atoms with Crippen LogP contribution >= 0.6 is 0 Å². The van der Waals surface area contributed by atoms with Gasteiger partial charge in [0, 0.05) is 62.4 Å². The van der Waals surface area contributed by atoms with Crippen molar-refractivity contribution in [3.8, 4) is 12.1 Å². The summed E-state index contributed by atoms with van der Waals surface area (Å²) >= 11 is 0. The number of ether oxygens (including phenoxy) is 1. The van der Waals surface area contributed by atoms with E-state index in [2.05, 4.69) is 32.7 Å². The van der Waals surface area contributed by atoms with Gasteiger partial charge in [-0.05, 0) is 75.8 Å². The highest BCUT2D eigenvalue weighted by Gasteiger charge is 2.49. The van der Waals surface area contributed by atoms with Gasteiger partial charge in [0.05, 0.1) is 35.1 Å². The summed E-state index contributed by atoms with van der Waals surface area (Å²) in [7, 11) is 4.00. The number of likely N-dealkylation sites (N-methyl/N-ethyl adjacent to an activating group) is 1. The van der Waals surface area contributed by atoms with Gasteiger partial charge in [-0.3, -0.25) is 9.80 Å². The van der Waals surface area contributed by atoms with Gasteiger partial charge in [-0.25, -0.2) is 13.8 Å². The number of rotatable bonds is 8. The second kappa shape index (κ2) is 11.9. The van der Waals surface area contributed by atoms with E-state index in [0.29, 0.717) is 61.5 Å². The fourth-order valence-electron chi connectivity index (χ4n) is 8.11. The molecule has 4 aliphatic rings. The van der Waals surface area contributed by atoms with Crippen molar-refractivity contribution in [2.24, 2.45) is 5.41 Å². The Balaban J connectivity index is 1.28. The molecule has 0 bridgehead atoms. The van der Waals surface area contributed by atoms with Crippen LogP contribution in [0.2, 0.25) is 0 Å². The molecule has 3 aromatic rings. The van der Waals surface area contributed by atoms with Crippen molar-refractivity contribution < 1.29 is 13.5 Å². The summed E-state index contributed by atoms with van der Waals surface area (Å²) in [5.41, 5.74) is 16.2. The molecule has 2 aliphatic carbocycles. The van der Waals surface area contributed by atoms with Crippen LogP contribution in [0.5, 0.6) is 6.01 Å². The van der Waals surface area contributed by atoms with Gasteiger partial charge in [0.25, 0.3) is 0 Å². The van der Waals surface area contributed by atoms with Crippen LogP contribution in [0, 0.1) is 22.6 Å². The van der Waals surface area contributed by atoms with Crippen LogP contribution < -0.4 is 21.1 Å². The Morgan fingerprint density at radius 3 is 2.74 bits per heavy atom. The van der Waals surface area contributed by atoms with E-state index in [0.717, 1.165) is 61.4 Å². The molecule has 1 spiro atoms. The molecule has 7 rings (SSSR count). The first-order chi connectivity index (χ1) is 22.5. The molecule has 1 aromatic carbocycles. The lowest BCUT2D eigenvalue weighted by Crippen LogP contribution is -2.51. The van der Waals surface area contributed by atoms with Crippen molar-refractivity contribution in [1.29, 1.82) is 5.26 Å². The van der Waals surface area contributed by atoms with Crippen molar-refractivity contribution in [3.63, 3.8) is 0 Å². The number of fused-ring (bicyclic) bond motifs is 3. The van der Waals surface area contributed by atoms with Gasteiger partial charge in [-0.15, -0.1) is 0 Å². The number of aromatic nitrogens is 3. The van der Waals surface area contributed by atoms with Crippen LogP contribution in [0.4, 0.5) is 26.1 Å². The average Bonchev–Trinajstić information content (AvgIpc) is 3.70. The van der Waals surface area contributed by atoms with Crippen LogP contribution in [0.25, 0.3) is 0 Å². The third-order valence-corrected chi connectivity index (χ3v) is 11.1. The lowest BCUT2D eigenvalue weighted by atomic mass is 9.68. The first-order valence-electron chi connectivity index (χ1n) is 16.6. The smallest absolute Gasteiger partial charge is 0.318 e. The average molecular weight is 644 g/mol. The number of pyridine rings is 1. The zero-order valence-electron chi connectivity index (χ0n) is 27.4. The van der Waals surface area contributed by atoms with Crippen molar-refractivity contribution in [2.45, 2.75) is 76.2 Å². The Kier molecular flexibility index (Phi) is 7.96. The summed E-state index contributed by atoms with van der Waals surface area (Å²) in [5, 5.41) is 10.2. The SMILES string of the molecule is C[C@H](c1cccnc1N)N(C)c1nc(OCC2(CN3CC[C@@H](F)C3)CC2)nc2c1CN(C)[C@@]1(CCCc3c(F)cc(N)c(C#N)c31)C2. The van der Waals surface area contributed by atoms with Crippen LogP contribution in [0.1, 0.15) is 78.6 Å². The van der Waals surface area contributed by atoms with Crippen LogP contribution in [-0.2, 0) is 24.9 Å². The first-order valence-corrected chi connectivity index (χ1v) is 16.6. The van der Waals surface area contributed by atoms with Gasteiger partial charge in [-0.1, -0.05) is 6.07 Å². The Morgan fingerprint density at radius 2 is 2.04 bits per heavy atom. The largest absolute Gasteiger partial charge is 0.463 e. The molecule has 2 aliphatic heterocycles. The Bertz CT molecular complexity index is 1740. The first kappa shape index (κ1) is 31.5. The number of likely N-dealkylation sites (tertiary alicyclic amines) is 1. The van der Waals surface area contributed by atoms with Gasteiger partial charge in [0.1, 0.15) is 29.7 Å². The van der Waals surface area contributed by atoms with E-state index >= 15 is 4.39 Å². The summed E-state index contributed by atoms with van der Waals surface area (Å²) in [4.78, 5) is 20.8. The molecule has 2 fully saturated rings. The number of hydrogen-bond acceptors (Lipinski definition) is 10. The number of alkyl halides is 1. The molecular formula is C35H43F2N9O. The van der Waals surface area contributed by atoms with Gasteiger partial charge in [-0.2, -0.15) is 15.2 Å². The highest BCUT2D eigenvalue weighted by Crippen LogP contribution is 2.51. The zero-order valence-corrected chi connectivity index (χ0v) is 27.4. The lowest BCUT2D eigenvalue weighted by Gasteiger charge is -2.50. The van der Waals surface area contributed by atoms with Gasteiger partial charge >= 0.3 is 6.01 Å². The Morgan fingerprint density at radius 1 is 1.23 bits per heavy atom. The summed E-state index contributed by atoms with van der Waals surface area (Å²) < 4.78 is 35.8. The number of anilines is 3. The van der Waals surface area contributed by atoms with Crippen LogP contribution in [-0.4, -0.2) is 71.3 Å². The van der Waals surface area contributed by atoms with E-state index in [4.69, 9.17) is 26.2 Å². The molecule has 1 saturated heterocycles. The molecule has 47 heavy (non-hydrogen) atoms. The van der Waals surface area contributed by atoms with E-state index in [1.807, 2.05) is 26.2 Å². The van der Waals surface area contributed by atoms with E-state index in [-0.39, 0.29) is 29.0 Å². The summed E-state index contributed by atoms with van der Waals surface area (Å²) in [6, 6.07) is 7.53. The minimum absolute atomic E-state index is 0.0344. The lowest BCUT2D eigenvalue weighted by molar-refractivity contribution is 0.0712. The van der Waals surface area contributed by atoms with E-state index in [1.54, 1.807) is 6.20 Å². The minimum atomic E-state index is -0.759. The predicted octanol–water partition coefficient (Wildman–Crippen LogP) is 4.67. The van der Waals surface area contributed by atoms with Gasteiger partial charge < -0.3 is 21.1 Å². The molecule has 248 valence electrons. The number of nitrogens with zero attached hydrogens (tertiary/aromatic N) is 7. The standard InChI is InChI=1S/C35H43F2N9O/c1-21(23-7-5-12-41-31(23)40)45(3)32-26-18-44(2)35(9-4-6-24-27(37)14-28(39)25(16-38)30(24)35)15-29(26)42-33(43-32)47-20-34(10-11-34)19-46-13-8-22(36)17-46/h5,7,12,14,21-22H,4,6,8-11,13,15,17-20,39H2,1-3H3,(H2,40,41)/t21-,22-,35+/m1/s1. The zero-order chi connectivity index (χ0) is 33.1. The molecule has 0 radical (unpaired) electrons. The Hall–Kier alpha value is -4.08. The highest BCUT2D eigenvalue weighted by atomic mass is 19.1. The molecule has 2 aromatic heterocycles. The summed E-state index contributed by atoms with van der Waals surface area (Å²) in [6.45, 7) is 5.04. The number of nitrogens with two attached hydrogens (primary N) is 2. The monoisotopic (exact) mass is 643 g/mol. The fraction of sp³-hybridized carbons (Fsp3) is 0.543. The molecule has 1 saturated carbocycles. The summed E-state index contributed by atoms with van der Waals surface area (Å²) in [6.07, 6.45) is 6.04. The topological polar surface area (TPSA) is 133 Å².